The Labute approximate surface area is 181 Å². The Bertz CT molecular complexity index is 1240. The van der Waals surface area contributed by atoms with Gasteiger partial charge in [-0.25, -0.2) is 16.8 Å². The van der Waals surface area contributed by atoms with Gasteiger partial charge in [0.1, 0.15) is 0 Å². The van der Waals surface area contributed by atoms with Gasteiger partial charge in [0.2, 0.25) is 5.88 Å². The van der Waals surface area contributed by atoms with Crippen LogP contribution in [0.4, 0.5) is 11.5 Å². The topological polar surface area (TPSA) is 127 Å². The summed E-state index contributed by atoms with van der Waals surface area (Å²) in [5.74, 6) is 0.561. The third-order valence-electron chi connectivity index (χ3n) is 4.36. The van der Waals surface area contributed by atoms with Crippen molar-refractivity contribution in [1.82, 2.24) is 10.2 Å². The number of sulfonamides is 2. The van der Waals surface area contributed by atoms with E-state index in [1.807, 2.05) is 13.8 Å². The van der Waals surface area contributed by atoms with Gasteiger partial charge in [0.25, 0.3) is 20.0 Å². The molecule has 1 heterocycles. The van der Waals surface area contributed by atoms with Crippen molar-refractivity contribution in [3.63, 3.8) is 0 Å². The SMILES string of the molecule is COc1ccc(NS(=O)(=O)c2ccc(NS(=O)(=O)c3ccc(C(C)C)cc3)cc2)nn1. The van der Waals surface area contributed by atoms with E-state index in [4.69, 9.17) is 4.74 Å². The minimum atomic E-state index is -3.93. The predicted octanol–water partition coefficient (Wildman–Crippen LogP) is 3.21. The summed E-state index contributed by atoms with van der Waals surface area (Å²) in [5.41, 5.74) is 1.26. The van der Waals surface area contributed by atoms with Crippen molar-refractivity contribution < 1.29 is 21.6 Å². The second-order valence-corrected chi connectivity index (χ2v) is 10.3. The number of hydrogen-bond acceptors (Lipinski definition) is 7. The van der Waals surface area contributed by atoms with E-state index in [1.54, 1.807) is 12.1 Å². The molecule has 0 unspecified atom stereocenters. The monoisotopic (exact) mass is 462 g/mol. The molecule has 0 bridgehead atoms. The zero-order valence-electron chi connectivity index (χ0n) is 17.1. The van der Waals surface area contributed by atoms with Gasteiger partial charge in [-0.2, -0.15) is 0 Å². The highest BCUT2D eigenvalue weighted by Crippen LogP contribution is 2.22. The molecule has 9 nitrogen and oxygen atoms in total. The number of benzene rings is 2. The molecule has 0 saturated heterocycles. The molecule has 0 spiro atoms. The maximum Gasteiger partial charge on any atom is 0.263 e. The van der Waals surface area contributed by atoms with E-state index < -0.39 is 20.0 Å². The number of hydrogen-bond donors (Lipinski definition) is 2. The Hall–Kier alpha value is -3.18. The van der Waals surface area contributed by atoms with Crippen molar-refractivity contribution >= 4 is 31.6 Å². The van der Waals surface area contributed by atoms with Crippen molar-refractivity contribution in [3.05, 3.63) is 66.2 Å². The molecule has 3 rings (SSSR count). The van der Waals surface area contributed by atoms with Crippen LogP contribution in [0.1, 0.15) is 25.3 Å². The molecule has 0 saturated carbocycles. The first-order chi connectivity index (χ1) is 14.6. The van der Waals surface area contributed by atoms with Gasteiger partial charge in [-0.05, 0) is 53.9 Å². The van der Waals surface area contributed by atoms with Gasteiger partial charge in [-0.3, -0.25) is 9.44 Å². The van der Waals surface area contributed by atoms with Crippen LogP contribution < -0.4 is 14.2 Å². The minimum absolute atomic E-state index is 0.0235. The molecule has 0 aliphatic carbocycles. The molecule has 0 atom stereocenters. The van der Waals surface area contributed by atoms with E-state index >= 15 is 0 Å². The lowest BCUT2D eigenvalue weighted by molar-refractivity contribution is 0.392. The molecule has 31 heavy (non-hydrogen) atoms. The molecule has 2 N–H and O–H groups in total. The van der Waals surface area contributed by atoms with Crippen molar-refractivity contribution in [2.45, 2.75) is 29.6 Å². The maximum atomic E-state index is 12.6. The van der Waals surface area contributed by atoms with Crippen LogP contribution in [0.2, 0.25) is 0 Å². The highest BCUT2D eigenvalue weighted by molar-refractivity contribution is 7.93. The number of ether oxygens (including phenoxy) is 1. The van der Waals surface area contributed by atoms with E-state index in [2.05, 4.69) is 19.6 Å². The lowest BCUT2D eigenvalue weighted by Crippen LogP contribution is -2.15. The van der Waals surface area contributed by atoms with E-state index in [9.17, 15) is 16.8 Å². The van der Waals surface area contributed by atoms with Gasteiger partial charge < -0.3 is 4.74 Å². The third kappa shape index (κ3) is 5.50. The van der Waals surface area contributed by atoms with E-state index in [0.717, 1.165) is 5.56 Å². The third-order valence-corrected chi connectivity index (χ3v) is 7.13. The zero-order valence-corrected chi connectivity index (χ0v) is 18.7. The van der Waals surface area contributed by atoms with Crippen LogP contribution in [0.3, 0.4) is 0 Å². The second kappa shape index (κ2) is 8.90. The van der Waals surface area contributed by atoms with Gasteiger partial charge in [-0.15, -0.1) is 10.2 Å². The standard InChI is InChI=1S/C20H22N4O5S2/c1-14(2)15-4-8-17(9-5-15)30(25,26)23-16-6-10-18(11-7-16)31(27,28)24-19-12-13-20(29-3)22-21-19/h4-14,23H,1-3H3,(H,21,24). The normalized spacial score (nSPS) is 11.9. The van der Waals surface area contributed by atoms with Crippen LogP contribution in [0.15, 0.2) is 70.5 Å². The molecule has 3 aromatic rings. The van der Waals surface area contributed by atoms with Gasteiger partial charge in [0, 0.05) is 11.8 Å². The summed E-state index contributed by atoms with van der Waals surface area (Å²) in [6.45, 7) is 4.04. The molecule has 11 heteroatoms. The Balaban J connectivity index is 1.74. The average Bonchev–Trinajstić information content (AvgIpc) is 2.74. The fourth-order valence-corrected chi connectivity index (χ4v) is 4.68. The lowest BCUT2D eigenvalue weighted by Gasteiger charge is -2.11. The number of nitrogens with one attached hydrogen (secondary N) is 2. The molecule has 164 valence electrons. The van der Waals surface area contributed by atoms with Crippen LogP contribution >= 0.6 is 0 Å². The largest absolute Gasteiger partial charge is 0.480 e. The number of nitrogens with zero attached hydrogens (tertiary/aromatic N) is 2. The van der Waals surface area contributed by atoms with Crippen molar-refractivity contribution in [2.75, 3.05) is 16.6 Å². The molecular weight excluding hydrogens is 440 g/mol. The molecule has 2 aromatic carbocycles. The molecule has 0 aliphatic rings. The summed E-state index contributed by atoms with van der Waals surface area (Å²) >= 11 is 0. The summed E-state index contributed by atoms with van der Waals surface area (Å²) in [4.78, 5) is 0.0581. The molecule has 0 amide bonds. The van der Waals surface area contributed by atoms with E-state index in [0.29, 0.717) is 0 Å². The Morgan fingerprint density at radius 2 is 1.29 bits per heavy atom. The molecular formula is C20H22N4O5S2. The van der Waals surface area contributed by atoms with Gasteiger partial charge in [0.15, 0.2) is 5.82 Å². The average molecular weight is 463 g/mol. The number of anilines is 2. The van der Waals surface area contributed by atoms with Crippen molar-refractivity contribution in [3.8, 4) is 5.88 Å². The lowest BCUT2D eigenvalue weighted by atomic mass is 10.0. The maximum absolute atomic E-state index is 12.6. The molecule has 0 fully saturated rings. The van der Waals surface area contributed by atoms with Crippen molar-refractivity contribution in [2.24, 2.45) is 0 Å². The second-order valence-electron chi connectivity index (χ2n) is 6.92. The van der Waals surface area contributed by atoms with Crippen molar-refractivity contribution in [1.29, 1.82) is 0 Å². The van der Waals surface area contributed by atoms with E-state index in [1.165, 1.54) is 55.6 Å². The van der Waals surface area contributed by atoms with Gasteiger partial charge in [0.05, 0.1) is 16.9 Å². The summed E-state index contributed by atoms with van der Waals surface area (Å²) in [7, 11) is -6.31. The van der Waals surface area contributed by atoms with Gasteiger partial charge in [-0.1, -0.05) is 26.0 Å². The first-order valence-electron chi connectivity index (χ1n) is 9.24. The Morgan fingerprint density at radius 1 is 0.742 bits per heavy atom. The number of methoxy groups -OCH3 is 1. The van der Waals surface area contributed by atoms with E-state index in [-0.39, 0.29) is 33.1 Å². The first kappa shape index (κ1) is 22.5. The summed E-state index contributed by atoms with van der Waals surface area (Å²) in [6.07, 6.45) is 0. The van der Waals surface area contributed by atoms with Crippen LogP contribution in [-0.2, 0) is 20.0 Å². The Kier molecular flexibility index (Phi) is 6.46. The molecule has 0 aliphatic heterocycles. The summed E-state index contributed by atoms with van der Waals surface area (Å²) in [6, 6.07) is 14.8. The number of rotatable bonds is 8. The fourth-order valence-electron chi connectivity index (χ4n) is 2.63. The van der Waals surface area contributed by atoms with Crippen LogP contribution in [-0.4, -0.2) is 34.1 Å². The summed E-state index contributed by atoms with van der Waals surface area (Å²) < 4.78 is 59.8. The quantitative estimate of drug-likeness (QED) is 0.526. The zero-order chi connectivity index (χ0) is 22.6. The first-order valence-corrected chi connectivity index (χ1v) is 12.2. The highest BCUT2D eigenvalue weighted by atomic mass is 32.2. The number of aromatic nitrogens is 2. The van der Waals surface area contributed by atoms with Crippen LogP contribution in [0.25, 0.3) is 0 Å². The Morgan fingerprint density at radius 3 is 1.77 bits per heavy atom. The van der Waals surface area contributed by atoms with Crippen LogP contribution in [0.5, 0.6) is 5.88 Å². The molecule has 1 aromatic heterocycles. The summed E-state index contributed by atoms with van der Waals surface area (Å²) in [5, 5.41) is 7.42. The fraction of sp³-hybridized carbons (Fsp3) is 0.200. The highest BCUT2D eigenvalue weighted by Gasteiger charge is 2.18. The predicted molar refractivity (Wildman–Crippen MR) is 117 cm³/mol. The van der Waals surface area contributed by atoms with Gasteiger partial charge >= 0.3 is 0 Å². The smallest absolute Gasteiger partial charge is 0.263 e. The van der Waals surface area contributed by atoms with Crippen LogP contribution in [0, 0.1) is 0 Å². The molecule has 0 radical (unpaired) electrons. The minimum Gasteiger partial charge on any atom is -0.480 e.